The van der Waals surface area contributed by atoms with Crippen LogP contribution in [0.3, 0.4) is 0 Å². The number of amides is 2. The average molecular weight is 380 g/mol. The maximum atomic E-state index is 12.4. The van der Waals surface area contributed by atoms with Crippen LogP contribution < -0.4 is 10.1 Å². The van der Waals surface area contributed by atoms with Gasteiger partial charge in [-0.15, -0.1) is 0 Å². The molecule has 1 aromatic carbocycles. The lowest BCUT2D eigenvalue weighted by molar-refractivity contribution is 0.202. The lowest BCUT2D eigenvalue weighted by Crippen LogP contribution is -2.38. The highest BCUT2D eigenvalue weighted by Crippen LogP contribution is 2.19. The zero-order valence-electron chi connectivity index (χ0n) is 16.3. The van der Waals surface area contributed by atoms with E-state index in [1.54, 1.807) is 24.3 Å². The molecule has 0 spiro atoms. The van der Waals surface area contributed by atoms with Crippen molar-refractivity contribution in [2.75, 3.05) is 7.05 Å². The van der Waals surface area contributed by atoms with Crippen LogP contribution in [0.1, 0.15) is 35.5 Å². The van der Waals surface area contributed by atoms with Crippen molar-refractivity contribution in [1.82, 2.24) is 20.4 Å². The van der Waals surface area contributed by atoms with Gasteiger partial charge in [-0.05, 0) is 37.6 Å². The van der Waals surface area contributed by atoms with Crippen LogP contribution in [0.15, 0.2) is 59.4 Å². The van der Waals surface area contributed by atoms with E-state index in [-0.39, 0.29) is 12.1 Å². The van der Waals surface area contributed by atoms with E-state index in [9.17, 15) is 4.79 Å². The summed E-state index contributed by atoms with van der Waals surface area (Å²) in [6.07, 6.45) is 3.51. The smallest absolute Gasteiger partial charge is 0.317 e. The first-order valence-electron chi connectivity index (χ1n) is 9.07. The summed E-state index contributed by atoms with van der Waals surface area (Å²) in [5, 5.41) is 6.89. The van der Waals surface area contributed by atoms with Crippen molar-refractivity contribution in [3.8, 4) is 5.75 Å². The van der Waals surface area contributed by atoms with Crippen molar-refractivity contribution in [3.63, 3.8) is 0 Å². The molecule has 28 heavy (non-hydrogen) atoms. The van der Waals surface area contributed by atoms with Gasteiger partial charge >= 0.3 is 6.03 Å². The molecule has 0 aliphatic carbocycles. The van der Waals surface area contributed by atoms with Crippen LogP contribution in [-0.4, -0.2) is 28.1 Å². The topological polar surface area (TPSA) is 80.5 Å². The lowest BCUT2D eigenvalue weighted by atomic mass is 10.1. The summed E-state index contributed by atoms with van der Waals surface area (Å²) in [7, 11) is 1.72. The van der Waals surface area contributed by atoms with Crippen LogP contribution >= 0.6 is 0 Å². The molecule has 3 rings (SSSR count). The molecule has 1 atom stereocenters. The van der Waals surface area contributed by atoms with Crippen LogP contribution in [0.25, 0.3) is 0 Å². The molecule has 0 fully saturated rings. The van der Waals surface area contributed by atoms with Crippen molar-refractivity contribution in [2.24, 2.45) is 0 Å². The SMILES string of the molecule is Cc1cc(CN(C)C(=O)NC(C)c2ccc(OCc3cccnc3)cc2)no1. The minimum atomic E-state index is -0.176. The highest BCUT2D eigenvalue weighted by molar-refractivity contribution is 5.74. The number of benzene rings is 1. The summed E-state index contributed by atoms with van der Waals surface area (Å²) in [5.41, 5.74) is 2.73. The fraction of sp³-hybridized carbons (Fsp3) is 0.286. The Labute approximate surface area is 164 Å². The van der Waals surface area contributed by atoms with Crippen molar-refractivity contribution in [2.45, 2.75) is 33.0 Å². The first-order valence-corrected chi connectivity index (χ1v) is 9.07. The molecule has 0 aliphatic heterocycles. The Kier molecular flexibility index (Phi) is 6.26. The number of aryl methyl sites for hydroxylation is 1. The minimum Gasteiger partial charge on any atom is -0.489 e. The lowest BCUT2D eigenvalue weighted by Gasteiger charge is -2.21. The molecule has 1 N–H and O–H groups in total. The van der Waals surface area contributed by atoms with E-state index in [4.69, 9.17) is 9.26 Å². The van der Waals surface area contributed by atoms with Crippen molar-refractivity contribution < 1.29 is 14.1 Å². The third kappa shape index (κ3) is 5.33. The molecular weight excluding hydrogens is 356 g/mol. The van der Waals surface area contributed by atoms with Crippen LogP contribution in [0.2, 0.25) is 0 Å². The highest BCUT2D eigenvalue weighted by atomic mass is 16.5. The fourth-order valence-corrected chi connectivity index (χ4v) is 2.69. The monoisotopic (exact) mass is 380 g/mol. The van der Waals surface area contributed by atoms with E-state index in [1.165, 1.54) is 0 Å². The molecule has 2 aromatic heterocycles. The van der Waals surface area contributed by atoms with Gasteiger partial charge < -0.3 is 19.5 Å². The quantitative estimate of drug-likeness (QED) is 0.673. The molecule has 0 saturated carbocycles. The van der Waals surface area contributed by atoms with E-state index < -0.39 is 0 Å². The second-order valence-electron chi connectivity index (χ2n) is 6.68. The summed E-state index contributed by atoms with van der Waals surface area (Å²) in [5.74, 6) is 1.49. The highest BCUT2D eigenvalue weighted by Gasteiger charge is 2.15. The molecule has 7 heteroatoms. The molecule has 0 aliphatic rings. The normalized spacial score (nSPS) is 11.7. The number of hydrogen-bond acceptors (Lipinski definition) is 5. The minimum absolute atomic E-state index is 0.138. The van der Waals surface area contributed by atoms with Crippen LogP contribution in [-0.2, 0) is 13.2 Å². The maximum Gasteiger partial charge on any atom is 0.317 e. The fourth-order valence-electron chi connectivity index (χ4n) is 2.69. The molecule has 0 bridgehead atoms. The second kappa shape index (κ2) is 9.03. The molecular formula is C21H24N4O3. The first-order chi connectivity index (χ1) is 13.5. The van der Waals surface area contributed by atoms with E-state index >= 15 is 0 Å². The summed E-state index contributed by atoms with van der Waals surface area (Å²) in [6, 6.07) is 13.0. The van der Waals surface area contributed by atoms with Gasteiger partial charge in [0.05, 0.1) is 12.6 Å². The molecule has 2 amide bonds. The molecule has 146 valence electrons. The van der Waals surface area contributed by atoms with Gasteiger partial charge in [-0.25, -0.2) is 4.79 Å². The summed E-state index contributed by atoms with van der Waals surface area (Å²) >= 11 is 0. The van der Waals surface area contributed by atoms with Crippen molar-refractivity contribution in [1.29, 1.82) is 0 Å². The Hall–Kier alpha value is -3.35. The average Bonchev–Trinajstić information content (AvgIpc) is 3.12. The Morgan fingerprint density at radius 2 is 2.07 bits per heavy atom. The van der Waals surface area contributed by atoms with Crippen LogP contribution in [0.5, 0.6) is 5.75 Å². The summed E-state index contributed by atoms with van der Waals surface area (Å²) in [4.78, 5) is 18.0. The van der Waals surface area contributed by atoms with Crippen LogP contribution in [0, 0.1) is 6.92 Å². The number of carbonyl (C=O) groups is 1. The van der Waals surface area contributed by atoms with Gasteiger partial charge in [0.15, 0.2) is 0 Å². The van der Waals surface area contributed by atoms with Gasteiger partial charge in [-0.1, -0.05) is 23.4 Å². The standard InChI is InChI=1S/C21H24N4O3/c1-15-11-19(24-28-15)13-25(3)21(26)23-16(2)18-6-8-20(9-7-18)27-14-17-5-4-10-22-12-17/h4-12,16H,13-14H2,1-3H3,(H,23,26). The molecule has 3 aromatic rings. The summed E-state index contributed by atoms with van der Waals surface area (Å²) in [6.45, 7) is 4.61. The number of aromatic nitrogens is 2. The molecule has 0 saturated heterocycles. The Balaban J connectivity index is 1.50. The third-order valence-electron chi connectivity index (χ3n) is 4.27. The van der Waals surface area contributed by atoms with E-state index in [0.29, 0.717) is 13.2 Å². The number of pyridine rings is 1. The van der Waals surface area contributed by atoms with Gasteiger partial charge in [-0.2, -0.15) is 0 Å². The maximum absolute atomic E-state index is 12.4. The Morgan fingerprint density at radius 1 is 1.29 bits per heavy atom. The van der Waals surface area contributed by atoms with E-state index in [1.807, 2.05) is 56.3 Å². The largest absolute Gasteiger partial charge is 0.489 e. The number of ether oxygens (including phenoxy) is 1. The number of rotatable bonds is 7. The van der Waals surface area contributed by atoms with Crippen molar-refractivity contribution >= 4 is 6.03 Å². The molecule has 0 radical (unpaired) electrons. The van der Waals surface area contributed by atoms with E-state index in [0.717, 1.165) is 28.3 Å². The zero-order chi connectivity index (χ0) is 19.9. The van der Waals surface area contributed by atoms with Crippen molar-refractivity contribution in [3.05, 3.63) is 77.4 Å². The van der Waals surface area contributed by atoms with Gasteiger partial charge in [0.1, 0.15) is 23.8 Å². The predicted octanol–water partition coefficient (Wildman–Crippen LogP) is 3.86. The number of hydrogen-bond donors (Lipinski definition) is 1. The van der Waals surface area contributed by atoms with Gasteiger partial charge in [-0.3, -0.25) is 4.98 Å². The first kappa shape index (κ1) is 19.4. The number of carbonyl (C=O) groups excluding carboxylic acids is 1. The number of urea groups is 1. The Morgan fingerprint density at radius 3 is 2.71 bits per heavy atom. The third-order valence-corrected chi connectivity index (χ3v) is 4.27. The van der Waals surface area contributed by atoms with Gasteiger partial charge in [0.2, 0.25) is 0 Å². The van der Waals surface area contributed by atoms with Gasteiger partial charge in [0.25, 0.3) is 0 Å². The summed E-state index contributed by atoms with van der Waals surface area (Å²) < 4.78 is 10.8. The molecule has 1 unspecified atom stereocenters. The number of nitrogens with one attached hydrogen (secondary N) is 1. The van der Waals surface area contributed by atoms with Crippen LogP contribution in [0.4, 0.5) is 4.79 Å². The molecule has 7 nitrogen and oxygen atoms in total. The van der Waals surface area contributed by atoms with E-state index in [2.05, 4.69) is 15.5 Å². The second-order valence-corrected chi connectivity index (χ2v) is 6.68. The van der Waals surface area contributed by atoms with Gasteiger partial charge in [0, 0.05) is 31.1 Å². The zero-order valence-corrected chi connectivity index (χ0v) is 16.3. The predicted molar refractivity (Wildman–Crippen MR) is 105 cm³/mol. The number of nitrogens with zero attached hydrogens (tertiary/aromatic N) is 3. The Bertz CT molecular complexity index is 894. The molecule has 2 heterocycles.